The van der Waals surface area contributed by atoms with Gasteiger partial charge in [0, 0.05) is 6.92 Å². The van der Waals surface area contributed by atoms with E-state index in [1.807, 2.05) is 45.9 Å². The van der Waals surface area contributed by atoms with Gasteiger partial charge in [-0.2, -0.15) is 5.48 Å². The SMILES string of the molecule is CC(=O)NOc1cccc(B2OC(C)(C)C(C)(C)O2)c1C(C)C. The molecule has 5 nitrogen and oxygen atoms in total. The molecule has 0 saturated carbocycles. The van der Waals surface area contributed by atoms with Crippen LogP contribution in [0.15, 0.2) is 18.2 Å². The molecule has 1 aromatic rings. The van der Waals surface area contributed by atoms with Gasteiger partial charge in [-0.15, -0.1) is 0 Å². The number of hydrogen-bond acceptors (Lipinski definition) is 4. The van der Waals surface area contributed by atoms with Gasteiger partial charge in [0.05, 0.1) is 11.2 Å². The van der Waals surface area contributed by atoms with Crippen molar-refractivity contribution in [2.24, 2.45) is 0 Å². The highest BCUT2D eigenvalue weighted by Gasteiger charge is 2.52. The fourth-order valence-electron chi connectivity index (χ4n) is 2.57. The summed E-state index contributed by atoms with van der Waals surface area (Å²) in [5, 5.41) is 0. The maximum absolute atomic E-state index is 11.1. The minimum Gasteiger partial charge on any atom is -0.399 e. The van der Waals surface area contributed by atoms with E-state index in [0.717, 1.165) is 11.0 Å². The highest BCUT2D eigenvalue weighted by atomic mass is 16.7. The van der Waals surface area contributed by atoms with Crippen molar-refractivity contribution in [1.82, 2.24) is 5.48 Å². The van der Waals surface area contributed by atoms with Crippen molar-refractivity contribution in [2.45, 2.75) is 65.6 Å². The fraction of sp³-hybridized carbons (Fsp3) is 0.588. The van der Waals surface area contributed by atoms with Crippen LogP contribution in [-0.2, 0) is 14.1 Å². The molecule has 1 aromatic carbocycles. The third-order valence-corrected chi connectivity index (χ3v) is 4.49. The van der Waals surface area contributed by atoms with Gasteiger partial charge in [0.2, 0.25) is 5.91 Å². The van der Waals surface area contributed by atoms with Crippen LogP contribution in [-0.4, -0.2) is 24.2 Å². The Morgan fingerprint density at radius 1 is 1.17 bits per heavy atom. The van der Waals surface area contributed by atoms with Gasteiger partial charge in [-0.05, 0) is 50.7 Å². The number of hydrogen-bond donors (Lipinski definition) is 1. The summed E-state index contributed by atoms with van der Waals surface area (Å²) < 4.78 is 12.3. The van der Waals surface area contributed by atoms with Gasteiger partial charge in [-0.3, -0.25) is 4.79 Å². The van der Waals surface area contributed by atoms with E-state index in [0.29, 0.717) is 5.75 Å². The molecule has 1 N–H and O–H groups in total. The highest BCUT2D eigenvalue weighted by molar-refractivity contribution is 6.62. The maximum Gasteiger partial charge on any atom is 0.495 e. The van der Waals surface area contributed by atoms with Crippen LogP contribution in [0, 0.1) is 0 Å². The Bertz CT molecular complexity index is 582. The number of carbonyl (C=O) groups is 1. The summed E-state index contributed by atoms with van der Waals surface area (Å²) in [6.45, 7) is 13.7. The van der Waals surface area contributed by atoms with Gasteiger partial charge in [0.25, 0.3) is 0 Å². The Kier molecular flexibility index (Phi) is 4.78. The molecule has 1 aliphatic rings. The van der Waals surface area contributed by atoms with Crippen LogP contribution in [0.4, 0.5) is 0 Å². The molecule has 1 fully saturated rings. The van der Waals surface area contributed by atoms with Crippen molar-refractivity contribution in [3.63, 3.8) is 0 Å². The first-order valence-corrected chi connectivity index (χ1v) is 7.97. The summed E-state index contributed by atoms with van der Waals surface area (Å²) >= 11 is 0. The second-order valence-corrected chi connectivity index (χ2v) is 7.26. The van der Waals surface area contributed by atoms with Gasteiger partial charge < -0.3 is 14.1 Å². The third-order valence-electron chi connectivity index (χ3n) is 4.49. The molecule has 6 heteroatoms. The minimum absolute atomic E-state index is 0.189. The number of amides is 1. The molecule has 0 bridgehead atoms. The molecular formula is C17H26BNO4. The molecule has 0 atom stereocenters. The van der Waals surface area contributed by atoms with Gasteiger partial charge in [-0.25, -0.2) is 0 Å². The second kappa shape index (κ2) is 6.17. The number of rotatable bonds is 4. The average Bonchev–Trinajstić information content (AvgIpc) is 2.64. The van der Waals surface area contributed by atoms with Crippen molar-refractivity contribution >= 4 is 18.5 Å². The summed E-state index contributed by atoms with van der Waals surface area (Å²) in [5.41, 5.74) is 3.49. The van der Waals surface area contributed by atoms with Crippen LogP contribution < -0.4 is 15.8 Å². The monoisotopic (exact) mass is 319 g/mol. The van der Waals surface area contributed by atoms with E-state index >= 15 is 0 Å². The highest BCUT2D eigenvalue weighted by Crippen LogP contribution is 2.37. The Morgan fingerprint density at radius 3 is 2.22 bits per heavy atom. The normalized spacial score (nSPS) is 19.0. The molecular weight excluding hydrogens is 293 g/mol. The molecule has 0 unspecified atom stereocenters. The molecule has 0 aromatic heterocycles. The second-order valence-electron chi connectivity index (χ2n) is 7.26. The Morgan fingerprint density at radius 2 is 1.74 bits per heavy atom. The summed E-state index contributed by atoms with van der Waals surface area (Å²) in [6.07, 6.45) is 0. The maximum atomic E-state index is 11.1. The zero-order valence-electron chi connectivity index (χ0n) is 15.0. The van der Waals surface area contributed by atoms with Crippen molar-refractivity contribution in [3.05, 3.63) is 23.8 Å². The van der Waals surface area contributed by atoms with Crippen LogP contribution in [0.2, 0.25) is 0 Å². The lowest BCUT2D eigenvalue weighted by Gasteiger charge is -2.32. The molecule has 1 heterocycles. The summed E-state index contributed by atoms with van der Waals surface area (Å²) in [6, 6.07) is 5.70. The summed E-state index contributed by atoms with van der Waals surface area (Å²) in [5.74, 6) is 0.553. The fourth-order valence-corrected chi connectivity index (χ4v) is 2.57. The van der Waals surface area contributed by atoms with Crippen molar-refractivity contribution in [1.29, 1.82) is 0 Å². The van der Waals surface area contributed by atoms with Crippen LogP contribution in [0.1, 0.15) is 59.9 Å². The predicted octanol–water partition coefficient (Wildman–Crippen LogP) is 2.54. The smallest absolute Gasteiger partial charge is 0.399 e. The zero-order valence-corrected chi connectivity index (χ0v) is 15.0. The Balaban J connectivity index is 2.39. The van der Waals surface area contributed by atoms with Crippen molar-refractivity contribution < 1.29 is 18.9 Å². The van der Waals surface area contributed by atoms with E-state index in [1.165, 1.54) is 6.92 Å². The van der Waals surface area contributed by atoms with E-state index in [1.54, 1.807) is 0 Å². The van der Waals surface area contributed by atoms with Crippen molar-refractivity contribution in [2.75, 3.05) is 0 Å². The topological polar surface area (TPSA) is 56.8 Å². The van der Waals surface area contributed by atoms with Crippen LogP contribution in [0.3, 0.4) is 0 Å². The Labute approximate surface area is 138 Å². The molecule has 23 heavy (non-hydrogen) atoms. The molecule has 1 amide bonds. The summed E-state index contributed by atoms with van der Waals surface area (Å²) in [7, 11) is -0.460. The lowest BCUT2D eigenvalue weighted by molar-refractivity contribution is -0.125. The molecule has 0 radical (unpaired) electrons. The molecule has 0 spiro atoms. The van der Waals surface area contributed by atoms with Crippen molar-refractivity contribution in [3.8, 4) is 5.75 Å². The first kappa shape index (κ1) is 17.8. The Hall–Kier alpha value is -1.53. The van der Waals surface area contributed by atoms with Gasteiger partial charge >= 0.3 is 7.12 Å². The minimum atomic E-state index is -0.460. The van der Waals surface area contributed by atoms with Crippen LogP contribution in [0.5, 0.6) is 5.75 Å². The van der Waals surface area contributed by atoms with Gasteiger partial charge in [0.15, 0.2) is 5.75 Å². The molecule has 2 rings (SSSR count). The number of nitrogens with one attached hydrogen (secondary N) is 1. The lowest BCUT2D eigenvalue weighted by atomic mass is 9.73. The molecule has 0 aliphatic carbocycles. The third kappa shape index (κ3) is 3.53. The van der Waals surface area contributed by atoms with E-state index in [2.05, 4.69) is 19.3 Å². The first-order chi connectivity index (χ1) is 10.5. The van der Waals surface area contributed by atoms with E-state index in [-0.39, 0.29) is 11.8 Å². The lowest BCUT2D eigenvalue weighted by Crippen LogP contribution is -2.41. The zero-order chi connectivity index (χ0) is 17.4. The van der Waals surface area contributed by atoms with E-state index in [4.69, 9.17) is 14.1 Å². The summed E-state index contributed by atoms with van der Waals surface area (Å²) in [4.78, 5) is 16.6. The number of carbonyl (C=O) groups excluding carboxylic acids is 1. The van der Waals surface area contributed by atoms with Crippen LogP contribution in [0.25, 0.3) is 0 Å². The quantitative estimate of drug-likeness (QED) is 0.684. The van der Waals surface area contributed by atoms with E-state index < -0.39 is 18.3 Å². The number of hydroxylamine groups is 1. The standard InChI is InChI=1S/C17H26BNO4/c1-11(2)15-13(9-8-10-14(15)21-19-12(3)20)18-22-16(4,5)17(6,7)23-18/h8-11H,1-7H3,(H,19,20). The molecule has 1 aliphatic heterocycles. The van der Waals surface area contributed by atoms with Gasteiger partial charge in [0.1, 0.15) is 0 Å². The molecule has 1 saturated heterocycles. The average molecular weight is 319 g/mol. The van der Waals surface area contributed by atoms with E-state index in [9.17, 15) is 4.79 Å². The molecule has 126 valence electrons. The first-order valence-electron chi connectivity index (χ1n) is 7.97. The van der Waals surface area contributed by atoms with Gasteiger partial charge in [-0.1, -0.05) is 26.0 Å². The predicted molar refractivity (Wildman–Crippen MR) is 90.7 cm³/mol. The number of benzene rings is 1. The largest absolute Gasteiger partial charge is 0.495 e. The van der Waals surface area contributed by atoms with Crippen LogP contribution >= 0.6 is 0 Å².